The van der Waals surface area contributed by atoms with Crippen LogP contribution in [-0.4, -0.2) is 27.2 Å². The topological polar surface area (TPSA) is 83.2 Å². The quantitative estimate of drug-likeness (QED) is 0.661. The Labute approximate surface area is 108 Å². The number of methoxy groups -OCH3 is 1. The summed E-state index contributed by atoms with van der Waals surface area (Å²) in [7, 11) is 4.15. The molecule has 0 aliphatic heterocycles. The lowest BCUT2D eigenvalue weighted by Gasteiger charge is -2.09. The monoisotopic (exact) mass is 263 g/mol. The normalized spacial score (nSPS) is 10.7. The van der Waals surface area contributed by atoms with Gasteiger partial charge in [-0.05, 0) is 13.0 Å². The van der Waals surface area contributed by atoms with Crippen molar-refractivity contribution in [2.45, 2.75) is 6.92 Å². The Hall–Kier alpha value is -2.44. The van der Waals surface area contributed by atoms with Crippen LogP contribution in [0, 0.1) is 6.92 Å². The maximum atomic E-state index is 12.0. The average molecular weight is 263 g/mol. The van der Waals surface area contributed by atoms with Gasteiger partial charge < -0.3 is 4.74 Å². The highest BCUT2D eigenvalue weighted by Gasteiger charge is 2.16. The lowest BCUT2D eigenvalue weighted by atomic mass is 10.1. The molecule has 2 aromatic rings. The number of carbonyl (C=O) groups excluding carboxylic acids is 1. The molecule has 0 radical (unpaired) electrons. The predicted molar refractivity (Wildman–Crippen MR) is 68.3 cm³/mol. The van der Waals surface area contributed by atoms with Crippen molar-refractivity contribution in [2.75, 3.05) is 7.11 Å². The number of hydrogen-bond acceptors (Lipinski definition) is 5. The molecule has 0 fully saturated rings. The summed E-state index contributed by atoms with van der Waals surface area (Å²) < 4.78 is 6.88. The van der Waals surface area contributed by atoms with Gasteiger partial charge in [-0.2, -0.15) is 0 Å². The van der Waals surface area contributed by atoms with Crippen LogP contribution in [0.5, 0.6) is 0 Å². The molecule has 2 aromatic heterocycles. The van der Waals surface area contributed by atoms with Gasteiger partial charge in [0, 0.05) is 14.1 Å². The first-order chi connectivity index (χ1) is 8.88. The molecule has 0 saturated carbocycles. The minimum atomic E-state index is -0.567. The number of nitrogens with zero attached hydrogens (tertiary/aromatic N) is 3. The minimum Gasteiger partial charge on any atom is -0.465 e. The van der Waals surface area contributed by atoms with Crippen LogP contribution >= 0.6 is 0 Å². The summed E-state index contributed by atoms with van der Waals surface area (Å²) in [5.41, 5.74) is -0.0856. The second kappa shape index (κ2) is 4.34. The number of aryl methyl sites for hydroxylation is 2. The van der Waals surface area contributed by atoms with Gasteiger partial charge >= 0.3 is 11.7 Å². The molecule has 0 unspecified atom stereocenters. The molecule has 0 aromatic carbocycles. The van der Waals surface area contributed by atoms with E-state index >= 15 is 0 Å². The lowest BCUT2D eigenvalue weighted by molar-refractivity contribution is 0.0599. The number of hydrogen-bond donors (Lipinski definition) is 0. The van der Waals surface area contributed by atoms with E-state index in [-0.39, 0.29) is 16.6 Å². The average Bonchev–Trinajstić information content (AvgIpc) is 2.41. The fourth-order valence-corrected chi connectivity index (χ4v) is 1.91. The van der Waals surface area contributed by atoms with Crippen molar-refractivity contribution in [3.8, 4) is 0 Å². The number of ether oxygens (including phenoxy) is 1. The molecule has 100 valence electrons. The van der Waals surface area contributed by atoms with Gasteiger partial charge in [-0.15, -0.1) is 0 Å². The number of carbonyl (C=O) groups is 1. The van der Waals surface area contributed by atoms with Crippen molar-refractivity contribution in [3.05, 3.63) is 38.2 Å². The van der Waals surface area contributed by atoms with Crippen LogP contribution in [0.15, 0.2) is 15.7 Å². The largest absolute Gasteiger partial charge is 0.465 e. The summed E-state index contributed by atoms with van der Waals surface area (Å²) in [6, 6.07) is 1.41. The Morgan fingerprint density at radius 2 is 1.89 bits per heavy atom. The SMILES string of the molecule is COC(=O)c1cc2c(=O)n(C)c(=O)n(C)c2nc1C. The summed E-state index contributed by atoms with van der Waals surface area (Å²) in [5.74, 6) is -0.567. The van der Waals surface area contributed by atoms with Gasteiger partial charge in [0.2, 0.25) is 0 Å². The van der Waals surface area contributed by atoms with Crippen LogP contribution in [0.2, 0.25) is 0 Å². The summed E-state index contributed by atoms with van der Waals surface area (Å²) in [6.07, 6.45) is 0. The molecule has 0 spiro atoms. The molecule has 7 heteroatoms. The Kier molecular flexibility index (Phi) is 2.97. The Morgan fingerprint density at radius 3 is 2.47 bits per heavy atom. The Morgan fingerprint density at radius 1 is 1.26 bits per heavy atom. The number of fused-ring (bicyclic) bond motifs is 1. The van der Waals surface area contributed by atoms with E-state index < -0.39 is 17.2 Å². The van der Waals surface area contributed by atoms with Crippen molar-refractivity contribution < 1.29 is 9.53 Å². The standard InChI is InChI=1S/C12H13N3O4/c1-6-7(11(17)19-4)5-8-9(13-6)14(2)12(18)15(3)10(8)16/h5H,1-4H3. The van der Waals surface area contributed by atoms with Gasteiger partial charge in [-0.25, -0.2) is 14.6 Å². The van der Waals surface area contributed by atoms with Crippen molar-refractivity contribution in [1.29, 1.82) is 0 Å². The highest BCUT2D eigenvalue weighted by Crippen LogP contribution is 2.12. The molecule has 0 aliphatic carbocycles. The lowest BCUT2D eigenvalue weighted by Crippen LogP contribution is -2.37. The third-order valence-corrected chi connectivity index (χ3v) is 3.02. The smallest absolute Gasteiger partial charge is 0.339 e. The molecule has 0 amide bonds. The zero-order valence-corrected chi connectivity index (χ0v) is 11.1. The molecule has 7 nitrogen and oxygen atoms in total. The van der Waals surface area contributed by atoms with Crippen LogP contribution in [0.1, 0.15) is 16.1 Å². The zero-order chi connectivity index (χ0) is 14.3. The summed E-state index contributed by atoms with van der Waals surface area (Å²) in [4.78, 5) is 39.6. The molecular weight excluding hydrogens is 250 g/mol. The molecule has 0 aliphatic rings. The first kappa shape index (κ1) is 13.0. The molecule has 2 heterocycles. The summed E-state index contributed by atoms with van der Waals surface area (Å²) >= 11 is 0. The van der Waals surface area contributed by atoms with Crippen molar-refractivity contribution in [1.82, 2.24) is 14.1 Å². The van der Waals surface area contributed by atoms with Gasteiger partial charge in [0.1, 0.15) is 5.65 Å². The van der Waals surface area contributed by atoms with E-state index in [4.69, 9.17) is 0 Å². The number of rotatable bonds is 1. The van der Waals surface area contributed by atoms with Gasteiger partial charge in [-0.1, -0.05) is 0 Å². The highest BCUT2D eigenvalue weighted by molar-refractivity contribution is 5.94. The van der Waals surface area contributed by atoms with E-state index in [1.807, 2.05) is 0 Å². The van der Waals surface area contributed by atoms with Crippen LogP contribution in [0.4, 0.5) is 0 Å². The zero-order valence-electron chi connectivity index (χ0n) is 11.1. The summed E-state index contributed by atoms with van der Waals surface area (Å²) in [5, 5.41) is 0.204. The van der Waals surface area contributed by atoms with E-state index in [1.165, 1.54) is 31.8 Å². The molecule has 0 saturated heterocycles. The molecule has 0 N–H and O–H groups in total. The fraction of sp³-hybridized carbons (Fsp3) is 0.333. The Bertz CT molecular complexity index is 801. The van der Waals surface area contributed by atoms with Gasteiger partial charge in [-0.3, -0.25) is 13.9 Å². The maximum absolute atomic E-state index is 12.0. The number of pyridine rings is 1. The molecule has 2 rings (SSSR count). The predicted octanol–water partition coefficient (Wildman–Crippen LogP) is -0.273. The van der Waals surface area contributed by atoms with Crippen molar-refractivity contribution in [2.24, 2.45) is 14.1 Å². The number of aromatic nitrogens is 3. The third kappa shape index (κ3) is 1.83. The second-order valence-corrected chi connectivity index (χ2v) is 4.19. The van der Waals surface area contributed by atoms with Gasteiger partial charge in [0.25, 0.3) is 5.56 Å². The minimum absolute atomic E-state index is 0.204. The van der Waals surface area contributed by atoms with Crippen LogP contribution in [0.3, 0.4) is 0 Å². The van der Waals surface area contributed by atoms with Crippen LogP contribution in [-0.2, 0) is 18.8 Å². The molecular formula is C12H13N3O4. The molecule has 0 bridgehead atoms. The Balaban J connectivity index is 2.99. The van der Waals surface area contributed by atoms with Crippen molar-refractivity contribution >= 4 is 17.0 Å². The summed E-state index contributed by atoms with van der Waals surface area (Å²) in [6.45, 7) is 1.62. The fourth-order valence-electron chi connectivity index (χ4n) is 1.91. The van der Waals surface area contributed by atoms with Crippen LogP contribution in [0.25, 0.3) is 11.0 Å². The van der Waals surface area contributed by atoms with E-state index in [9.17, 15) is 14.4 Å². The van der Waals surface area contributed by atoms with Gasteiger partial charge in [0.15, 0.2) is 0 Å². The third-order valence-electron chi connectivity index (χ3n) is 3.02. The van der Waals surface area contributed by atoms with E-state index in [2.05, 4.69) is 9.72 Å². The molecule has 0 atom stereocenters. The first-order valence-corrected chi connectivity index (χ1v) is 5.54. The second-order valence-electron chi connectivity index (χ2n) is 4.19. The van der Waals surface area contributed by atoms with E-state index in [0.717, 1.165) is 4.57 Å². The number of esters is 1. The highest BCUT2D eigenvalue weighted by atomic mass is 16.5. The first-order valence-electron chi connectivity index (χ1n) is 5.54. The van der Waals surface area contributed by atoms with E-state index in [1.54, 1.807) is 6.92 Å². The van der Waals surface area contributed by atoms with Gasteiger partial charge in [0.05, 0.1) is 23.8 Å². The van der Waals surface area contributed by atoms with Crippen LogP contribution < -0.4 is 11.2 Å². The van der Waals surface area contributed by atoms with Crippen molar-refractivity contribution in [3.63, 3.8) is 0 Å². The van der Waals surface area contributed by atoms with E-state index in [0.29, 0.717) is 5.69 Å². The molecule has 19 heavy (non-hydrogen) atoms. The maximum Gasteiger partial charge on any atom is 0.339 e.